The van der Waals surface area contributed by atoms with Crippen molar-refractivity contribution >= 4 is 15.9 Å². The normalized spacial score (nSPS) is 18.6. The molecule has 9 heteroatoms. The second-order valence-electron chi connectivity index (χ2n) is 7.13. The SMILES string of the molecule is CC(C)c1c(C(=O)NC2CCCN(S(C)(=O)=O)C2)cnn1-c1ccccn1. The van der Waals surface area contributed by atoms with Gasteiger partial charge < -0.3 is 5.32 Å². The number of hydrogen-bond acceptors (Lipinski definition) is 5. The number of hydrogen-bond donors (Lipinski definition) is 1. The van der Waals surface area contributed by atoms with Gasteiger partial charge in [-0.1, -0.05) is 19.9 Å². The predicted octanol–water partition coefficient (Wildman–Crippen LogP) is 1.54. The molecule has 1 amide bonds. The summed E-state index contributed by atoms with van der Waals surface area (Å²) in [6.45, 7) is 4.80. The average molecular weight is 391 g/mol. The molecule has 1 saturated heterocycles. The second-order valence-corrected chi connectivity index (χ2v) is 9.11. The zero-order valence-electron chi connectivity index (χ0n) is 15.8. The number of piperidine rings is 1. The molecule has 0 aromatic carbocycles. The van der Waals surface area contributed by atoms with Gasteiger partial charge in [0.05, 0.1) is 23.7 Å². The molecule has 2 aromatic heterocycles. The van der Waals surface area contributed by atoms with Crippen LogP contribution >= 0.6 is 0 Å². The minimum absolute atomic E-state index is 0.0640. The van der Waals surface area contributed by atoms with Crippen LogP contribution in [-0.4, -0.2) is 58.8 Å². The molecule has 8 nitrogen and oxygen atoms in total. The summed E-state index contributed by atoms with van der Waals surface area (Å²) in [5, 5.41) is 7.34. The maximum atomic E-state index is 12.9. The van der Waals surface area contributed by atoms with E-state index in [0.717, 1.165) is 18.5 Å². The molecular weight excluding hydrogens is 366 g/mol. The topological polar surface area (TPSA) is 97.2 Å². The Morgan fingerprint density at radius 1 is 1.33 bits per heavy atom. The van der Waals surface area contributed by atoms with Gasteiger partial charge in [0.2, 0.25) is 10.0 Å². The van der Waals surface area contributed by atoms with Crippen molar-refractivity contribution in [3.63, 3.8) is 0 Å². The lowest BCUT2D eigenvalue weighted by Crippen LogP contribution is -2.49. The quantitative estimate of drug-likeness (QED) is 0.834. The fraction of sp³-hybridized carbons (Fsp3) is 0.500. The van der Waals surface area contributed by atoms with Gasteiger partial charge in [-0.2, -0.15) is 5.10 Å². The molecule has 1 aliphatic rings. The van der Waals surface area contributed by atoms with Gasteiger partial charge in [-0.3, -0.25) is 4.79 Å². The third-order valence-electron chi connectivity index (χ3n) is 4.65. The molecule has 1 atom stereocenters. The first-order valence-corrected chi connectivity index (χ1v) is 10.9. The molecule has 2 aromatic rings. The van der Waals surface area contributed by atoms with Crippen molar-refractivity contribution in [2.24, 2.45) is 0 Å². The van der Waals surface area contributed by atoms with E-state index in [0.29, 0.717) is 24.5 Å². The lowest BCUT2D eigenvalue weighted by atomic mass is 10.0. The average Bonchev–Trinajstić information content (AvgIpc) is 3.07. The van der Waals surface area contributed by atoms with Crippen molar-refractivity contribution in [1.29, 1.82) is 0 Å². The predicted molar refractivity (Wildman–Crippen MR) is 102 cm³/mol. The van der Waals surface area contributed by atoms with E-state index >= 15 is 0 Å². The van der Waals surface area contributed by atoms with Gasteiger partial charge in [0.1, 0.15) is 0 Å². The molecule has 1 N–H and O–H groups in total. The summed E-state index contributed by atoms with van der Waals surface area (Å²) in [5.74, 6) is 0.483. The van der Waals surface area contributed by atoms with Gasteiger partial charge in [-0.25, -0.2) is 22.4 Å². The smallest absolute Gasteiger partial charge is 0.255 e. The first kappa shape index (κ1) is 19.5. The van der Waals surface area contributed by atoms with Crippen molar-refractivity contribution in [3.8, 4) is 5.82 Å². The Morgan fingerprint density at radius 3 is 2.74 bits per heavy atom. The lowest BCUT2D eigenvalue weighted by Gasteiger charge is -2.31. The molecule has 27 heavy (non-hydrogen) atoms. The first-order valence-electron chi connectivity index (χ1n) is 9.02. The van der Waals surface area contributed by atoms with Crippen molar-refractivity contribution in [2.45, 2.75) is 38.6 Å². The number of nitrogens with one attached hydrogen (secondary N) is 1. The van der Waals surface area contributed by atoms with Gasteiger partial charge in [-0.05, 0) is 30.9 Å². The van der Waals surface area contributed by atoms with E-state index in [1.54, 1.807) is 17.1 Å². The third kappa shape index (κ3) is 4.36. The Balaban J connectivity index is 1.82. The Morgan fingerprint density at radius 2 is 2.11 bits per heavy atom. The Labute approximate surface area is 159 Å². The molecule has 0 saturated carbocycles. The van der Waals surface area contributed by atoms with Crippen molar-refractivity contribution < 1.29 is 13.2 Å². The number of sulfonamides is 1. The molecule has 0 spiro atoms. The largest absolute Gasteiger partial charge is 0.348 e. The van der Waals surface area contributed by atoms with Crippen LogP contribution in [0.1, 0.15) is 48.7 Å². The number of pyridine rings is 1. The van der Waals surface area contributed by atoms with E-state index in [9.17, 15) is 13.2 Å². The van der Waals surface area contributed by atoms with Crippen LogP contribution in [0.15, 0.2) is 30.6 Å². The van der Waals surface area contributed by atoms with Gasteiger partial charge in [-0.15, -0.1) is 0 Å². The molecule has 1 fully saturated rings. The number of carbonyl (C=O) groups excluding carboxylic acids is 1. The molecule has 0 aliphatic carbocycles. The Bertz CT molecular complexity index is 908. The van der Waals surface area contributed by atoms with Crippen molar-refractivity contribution in [1.82, 2.24) is 24.4 Å². The Kier molecular flexibility index (Phi) is 5.61. The second kappa shape index (κ2) is 7.77. The molecule has 146 valence electrons. The van der Waals surface area contributed by atoms with Crippen LogP contribution in [0.4, 0.5) is 0 Å². The number of rotatable bonds is 5. The van der Waals surface area contributed by atoms with Gasteiger partial charge in [0.25, 0.3) is 5.91 Å². The van der Waals surface area contributed by atoms with Crippen LogP contribution < -0.4 is 5.32 Å². The number of aromatic nitrogens is 3. The van der Waals surface area contributed by atoms with E-state index < -0.39 is 10.0 Å². The van der Waals surface area contributed by atoms with E-state index in [1.807, 2.05) is 32.0 Å². The third-order valence-corrected chi connectivity index (χ3v) is 5.92. The van der Waals surface area contributed by atoms with Gasteiger partial charge >= 0.3 is 0 Å². The highest BCUT2D eigenvalue weighted by molar-refractivity contribution is 7.88. The van der Waals surface area contributed by atoms with Crippen LogP contribution in [0.5, 0.6) is 0 Å². The van der Waals surface area contributed by atoms with E-state index in [1.165, 1.54) is 10.6 Å². The highest BCUT2D eigenvalue weighted by Crippen LogP contribution is 2.23. The number of amides is 1. The number of nitrogens with zero attached hydrogens (tertiary/aromatic N) is 4. The highest BCUT2D eigenvalue weighted by Gasteiger charge is 2.29. The van der Waals surface area contributed by atoms with E-state index in [4.69, 9.17) is 0 Å². The van der Waals surface area contributed by atoms with Crippen LogP contribution in [0.2, 0.25) is 0 Å². The van der Waals surface area contributed by atoms with Crippen LogP contribution in [0.25, 0.3) is 5.82 Å². The van der Waals surface area contributed by atoms with Crippen LogP contribution in [-0.2, 0) is 10.0 Å². The minimum atomic E-state index is -3.26. The minimum Gasteiger partial charge on any atom is -0.348 e. The highest BCUT2D eigenvalue weighted by atomic mass is 32.2. The molecule has 0 bridgehead atoms. The first-order chi connectivity index (χ1) is 12.8. The van der Waals surface area contributed by atoms with Gasteiger partial charge in [0.15, 0.2) is 5.82 Å². The molecule has 3 rings (SSSR count). The van der Waals surface area contributed by atoms with Crippen molar-refractivity contribution in [2.75, 3.05) is 19.3 Å². The van der Waals surface area contributed by atoms with Crippen LogP contribution in [0.3, 0.4) is 0 Å². The Hall–Kier alpha value is -2.26. The van der Waals surface area contributed by atoms with Gasteiger partial charge in [0, 0.05) is 25.3 Å². The summed E-state index contributed by atoms with van der Waals surface area (Å²) in [6, 6.07) is 5.33. The fourth-order valence-corrected chi connectivity index (χ4v) is 4.29. The van der Waals surface area contributed by atoms with E-state index in [2.05, 4.69) is 15.4 Å². The standard InChI is InChI=1S/C18H25N5O3S/c1-13(2)17-15(11-20-23(17)16-8-4-5-9-19-16)18(24)21-14-7-6-10-22(12-14)27(3,25)26/h4-5,8-9,11,13-14H,6-7,10,12H2,1-3H3,(H,21,24). The molecule has 3 heterocycles. The maximum Gasteiger partial charge on any atom is 0.255 e. The fourth-order valence-electron chi connectivity index (χ4n) is 3.37. The summed E-state index contributed by atoms with van der Waals surface area (Å²) < 4.78 is 26.7. The maximum absolute atomic E-state index is 12.9. The molecule has 1 aliphatic heterocycles. The summed E-state index contributed by atoms with van der Waals surface area (Å²) in [7, 11) is -3.26. The zero-order chi connectivity index (χ0) is 19.6. The summed E-state index contributed by atoms with van der Waals surface area (Å²) in [5.41, 5.74) is 1.27. The summed E-state index contributed by atoms with van der Waals surface area (Å²) in [4.78, 5) is 17.2. The molecule has 1 unspecified atom stereocenters. The summed E-state index contributed by atoms with van der Waals surface area (Å²) in [6.07, 6.45) is 5.91. The number of carbonyl (C=O) groups is 1. The zero-order valence-corrected chi connectivity index (χ0v) is 16.6. The van der Waals surface area contributed by atoms with Crippen LogP contribution in [0, 0.1) is 0 Å². The monoisotopic (exact) mass is 391 g/mol. The van der Waals surface area contributed by atoms with E-state index in [-0.39, 0.29) is 17.9 Å². The lowest BCUT2D eigenvalue weighted by molar-refractivity contribution is 0.0920. The molecular formula is C18H25N5O3S. The molecule has 0 radical (unpaired) electrons. The van der Waals surface area contributed by atoms with Crippen molar-refractivity contribution in [3.05, 3.63) is 41.9 Å². The summed E-state index contributed by atoms with van der Waals surface area (Å²) >= 11 is 0.